The summed E-state index contributed by atoms with van der Waals surface area (Å²) in [6, 6.07) is 10.5. The number of fused-ring (bicyclic) bond motifs is 1. The van der Waals surface area contributed by atoms with E-state index in [1.807, 2.05) is 6.07 Å². The molecule has 3 N–H and O–H groups in total. The minimum Gasteiger partial charge on any atom is -0.508 e. The number of hydrogen-bond donors (Lipinski definition) is 3. The quantitative estimate of drug-likeness (QED) is 0.637. The Labute approximate surface area is 136 Å². The van der Waals surface area contributed by atoms with Crippen molar-refractivity contribution in [3.8, 4) is 28.7 Å². The Morgan fingerprint density at radius 3 is 2.58 bits per heavy atom. The molecule has 0 atom stereocenters. The molecule has 3 aromatic rings. The molecule has 0 fully saturated rings. The second kappa shape index (κ2) is 6.07. The van der Waals surface area contributed by atoms with Crippen molar-refractivity contribution in [3.63, 3.8) is 0 Å². The average Bonchev–Trinajstić information content (AvgIpc) is 2.55. The average molecular weight is 323 g/mol. The van der Waals surface area contributed by atoms with Crippen molar-refractivity contribution in [1.29, 1.82) is 5.26 Å². The Morgan fingerprint density at radius 1 is 1.12 bits per heavy atom. The number of phenols is 2. The number of aromatic hydroxyl groups is 2. The summed E-state index contributed by atoms with van der Waals surface area (Å²) >= 11 is 0. The van der Waals surface area contributed by atoms with Gasteiger partial charge in [-0.25, -0.2) is 4.79 Å². The molecule has 0 saturated carbocycles. The van der Waals surface area contributed by atoms with Crippen LogP contribution in [-0.4, -0.2) is 21.9 Å². The number of hydrogen-bond acceptors (Lipinski definition) is 6. The van der Waals surface area contributed by atoms with Crippen molar-refractivity contribution in [2.45, 2.75) is 6.42 Å². The van der Waals surface area contributed by atoms with Crippen molar-refractivity contribution in [1.82, 2.24) is 0 Å². The zero-order valence-corrected chi connectivity index (χ0v) is 12.5. The molecular weight excluding hydrogens is 310 g/mol. The Morgan fingerprint density at radius 2 is 1.92 bits per heavy atom. The van der Waals surface area contributed by atoms with Crippen LogP contribution in [0.5, 0.6) is 11.5 Å². The number of benzene rings is 2. The van der Waals surface area contributed by atoms with Gasteiger partial charge in [0.2, 0.25) is 0 Å². The Kier molecular flexibility index (Phi) is 3.94. The maximum atomic E-state index is 12.5. The standard InChI is InChI=1S/C18H13NO5/c19-9-10-1-3-12-13(5-6-20)17(18(23)24-16(12)7-10)14-4-2-11(21)8-15(14)22/h1-4,7-8,20-22H,5-6H2. The van der Waals surface area contributed by atoms with Gasteiger partial charge in [-0.2, -0.15) is 5.26 Å². The van der Waals surface area contributed by atoms with E-state index in [9.17, 15) is 20.1 Å². The van der Waals surface area contributed by atoms with Crippen molar-refractivity contribution in [2.75, 3.05) is 6.61 Å². The molecule has 0 spiro atoms. The normalized spacial score (nSPS) is 10.7. The van der Waals surface area contributed by atoms with E-state index in [0.717, 1.165) is 6.07 Å². The van der Waals surface area contributed by atoms with Gasteiger partial charge in [-0.3, -0.25) is 0 Å². The zero-order chi connectivity index (χ0) is 17.3. The maximum Gasteiger partial charge on any atom is 0.344 e. The second-order valence-corrected chi connectivity index (χ2v) is 5.24. The molecule has 0 bridgehead atoms. The van der Waals surface area contributed by atoms with Gasteiger partial charge < -0.3 is 19.7 Å². The van der Waals surface area contributed by atoms with Crippen LogP contribution in [0.4, 0.5) is 0 Å². The first-order valence-electron chi connectivity index (χ1n) is 7.18. The van der Waals surface area contributed by atoms with Gasteiger partial charge in [0, 0.05) is 23.6 Å². The van der Waals surface area contributed by atoms with E-state index in [1.165, 1.54) is 18.2 Å². The fourth-order valence-corrected chi connectivity index (χ4v) is 2.71. The monoisotopic (exact) mass is 323 g/mol. The SMILES string of the molecule is N#Cc1ccc2c(CCO)c(-c3ccc(O)cc3O)c(=O)oc2c1. The second-order valence-electron chi connectivity index (χ2n) is 5.24. The smallest absolute Gasteiger partial charge is 0.344 e. The molecule has 0 aliphatic carbocycles. The third kappa shape index (κ3) is 2.57. The number of aliphatic hydroxyl groups is 1. The minimum atomic E-state index is -0.693. The zero-order valence-electron chi connectivity index (χ0n) is 12.5. The number of nitrogens with zero attached hydrogens (tertiary/aromatic N) is 1. The summed E-state index contributed by atoms with van der Waals surface area (Å²) in [5, 5.41) is 38.4. The first-order chi connectivity index (χ1) is 11.5. The van der Waals surface area contributed by atoms with Crippen LogP contribution in [0, 0.1) is 11.3 Å². The van der Waals surface area contributed by atoms with E-state index in [4.69, 9.17) is 9.68 Å². The third-order valence-corrected chi connectivity index (χ3v) is 3.76. The summed E-state index contributed by atoms with van der Waals surface area (Å²) in [5.41, 5.74) is 0.733. The summed E-state index contributed by atoms with van der Waals surface area (Å²) in [6.07, 6.45) is 0.170. The van der Waals surface area contributed by atoms with Gasteiger partial charge >= 0.3 is 5.63 Å². The number of aliphatic hydroxyl groups excluding tert-OH is 1. The summed E-state index contributed by atoms with van der Waals surface area (Å²) in [6.45, 7) is -0.204. The van der Waals surface area contributed by atoms with Gasteiger partial charge in [0.15, 0.2) is 0 Å². The highest BCUT2D eigenvalue weighted by Crippen LogP contribution is 2.35. The highest BCUT2D eigenvalue weighted by atomic mass is 16.4. The van der Waals surface area contributed by atoms with Crippen molar-refractivity contribution in [3.05, 3.63) is 57.9 Å². The molecular formula is C18H13NO5. The Balaban J connectivity index is 2.39. The topological polar surface area (TPSA) is 115 Å². The van der Waals surface area contributed by atoms with E-state index in [0.29, 0.717) is 16.5 Å². The van der Waals surface area contributed by atoms with Crippen molar-refractivity contribution >= 4 is 11.0 Å². The maximum absolute atomic E-state index is 12.5. The van der Waals surface area contributed by atoms with E-state index < -0.39 is 5.63 Å². The highest BCUT2D eigenvalue weighted by Gasteiger charge is 2.19. The lowest BCUT2D eigenvalue weighted by Crippen LogP contribution is -2.09. The molecule has 0 unspecified atom stereocenters. The largest absolute Gasteiger partial charge is 0.508 e. The first-order valence-corrected chi connectivity index (χ1v) is 7.18. The summed E-state index contributed by atoms with van der Waals surface area (Å²) in [7, 11) is 0. The van der Waals surface area contributed by atoms with Crippen LogP contribution in [-0.2, 0) is 6.42 Å². The van der Waals surface area contributed by atoms with Gasteiger partial charge in [0.25, 0.3) is 0 Å². The van der Waals surface area contributed by atoms with Crippen LogP contribution in [0.15, 0.2) is 45.6 Å². The van der Waals surface area contributed by atoms with Gasteiger partial charge in [0.05, 0.1) is 17.2 Å². The Hall–Kier alpha value is -3.30. The highest BCUT2D eigenvalue weighted by molar-refractivity contribution is 5.89. The lowest BCUT2D eigenvalue weighted by Gasteiger charge is -2.12. The molecule has 0 saturated heterocycles. The van der Waals surface area contributed by atoms with Gasteiger partial charge in [0.1, 0.15) is 17.1 Å². The lowest BCUT2D eigenvalue weighted by atomic mass is 9.95. The van der Waals surface area contributed by atoms with E-state index >= 15 is 0 Å². The fourth-order valence-electron chi connectivity index (χ4n) is 2.71. The van der Waals surface area contributed by atoms with E-state index in [-0.39, 0.29) is 41.2 Å². The number of rotatable bonds is 3. The van der Waals surface area contributed by atoms with Crippen LogP contribution in [0.3, 0.4) is 0 Å². The molecule has 2 aromatic carbocycles. The van der Waals surface area contributed by atoms with Crippen LogP contribution >= 0.6 is 0 Å². The van der Waals surface area contributed by atoms with Crippen molar-refractivity contribution < 1.29 is 19.7 Å². The molecule has 120 valence electrons. The molecule has 1 aromatic heterocycles. The van der Waals surface area contributed by atoms with Crippen LogP contribution in [0.25, 0.3) is 22.1 Å². The molecule has 6 nitrogen and oxygen atoms in total. The van der Waals surface area contributed by atoms with Crippen LogP contribution in [0.1, 0.15) is 11.1 Å². The number of phenolic OH excluding ortho intramolecular Hbond substituents is 2. The predicted molar refractivity (Wildman–Crippen MR) is 86.8 cm³/mol. The summed E-state index contributed by atoms with van der Waals surface area (Å²) in [4.78, 5) is 12.5. The summed E-state index contributed by atoms with van der Waals surface area (Å²) in [5.74, 6) is -0.404. The van der Waals surface area contributed by atoms with Gasteiger partial charge in [-0.1, -0.05) is 0 Å². The van der Waals surface area contributed by atoms with Crippen LogP contribution in [0.2, 0.25) is 0 Å². The number of nitriles is 1. The van der Waals surface area contributed by atoms with Crippen LogP contribution < -0.4 is 5.63 Å². The molecule has 0 radical (unpaired) electrons. The Bertz CT molecular complexity index is 1030. The van der Waals surface area contributed by atoms with Crippen molar-refractivity contribution in [2.24, 2.45) is 0 Å². The third-order valence-electron chi connectivity index (χ3n) is 3.76. The molecule has 3 rings (SSSR count). The predicted octanol–water partition coefficient (Wildman–Crippen LogP) is 2.28. The van der Waals surface area contributed by atoms with Gasteiger partial charge in [-0.15, -0.1) is 0 Å². The first kappa shape index (κ1) is 15.6. The molecule has 0 aliphatic rings. The molecule has 0 amide bonds. The van der Waals surface area contributed by atoms with E-state index in [2.05, 4.69) is 0 Å². The van der Waals surface area contributed by atoms with E-state index in [1.54, 1.807) is 12.1 Å². The molecule has 24 heavy (non-hydrogen) atoms. The van der Waals surface area contributed by atoms with Gasteiger partial charge in [-0.05, 0) is 42.3 Å². The lowest BCUT2D eigenvalue weighted by molar-refractivity contribution is 0.300. The minimum absolute atomic E-state index is 0.124. The molecule has 1 heterocycles. The molecule has 0 aliphatic heterocycles. The summed E-state index contributed by atoms with van der Waals surface area (Å²) < 4.78 is 5.30. The molecule has 6 heteroatoms. The fraction of sp³-hybridized carbons (Fsp3) is 0.111.